The minimum absolute atomic E-state index is 0.216. The average Bonchev–Trinajstić information content (AvgIpc) is 2.40. The van der Waals surface area contributed by atoms with Gasteiger partial charge in [-0.25, -0.2) is 4.79 Å². The lowest BCUT2D eigenvalue weighted by molar-refractivity contribution is 0.199. The van der Waals surface area contributed by atoms with E-state index in [1.807, 2.05) is 6.92 Å². The molecule has 6 heteroatoms. The monoisotopic (exact) mass is 269 g/mol. The SMILES string of the molecule is CCCn1ccc(=O)n(CCCNCCOC)c1=O. The average molecular weight is 269 g/mol. The molecule has 19 heavy (non-hydrogen) atoms. The molecular weight excluding hydrogens is 246 g/mol. The molecule has 0 unspecified atom stereocenters. The van der Waals surface area contributed by atoms with Crippen LogP contribution < -0.4 is 16.6 Å². The van der Waals surface area contributed by atoms with Gasteiger partial charge in [0.1, 0.15) is 0 Å². The molecule has 0 aliphatic carbocycles. The van der Waals surface area contributed by atoms with E-state index in [0.29, 0.717) is 19.7 Å². The Morgan fingerprint density at radius 1 is 1.26 bits per heavy atom. The minimum Gasteiger partial charge on any atom is -0.383 e. The van der Waals surface area contributed by atoms with Crippen molar-refractivity contribution in [2.45, 2.75) is 32.9 Å². The van der Waals surface area contributed by atoms with Crippen molar-refractivity contribution < 1.29 is 4.74 Å². The first-order valence-electron chi connectivity index (χ1n) is 6.70. The Labute approximate surface area is 113 Å². The maximum Gasteiger partial charge on any atom is 0.330 e. The fraction of sp³-hybridized carbons (Fsp3) is 0.692. The van der Waals surface area contributed by atoms with E-state index in [2.05, 4.69) is 5.32 Å². The lowest BCUT2D eigenvalue weighted by atomic mass is 10.4. The predicted molar refractivity (Wildman–Crippen MR) is 74.6 cm³/mol. The number of hydrogen-bond donors (Lipinski definition) is 1. The van der Waals surface area contributed by atoms with Gasteiger partial charge in [0.2, 0.25) is 0 Å². The summed E-state index contributed by atoms with van der Waals surface area (Å²) >= 11 is 0. The first-order chi connectivity index (χ1) is 9.20. The van der Waals surface area contributed by atoms with E-state index in [-0.39, 0.29) is 11.2 Å². The van der Waals surface area contributed by atoms with Gasteiger partial charge >= 0.3 is 5.69 Å². The van der Waals surface area contributed by atoms with Gasteiger partial charge < -0.3 is 14.6 Å². The Balaban J connectivity index is 2.55. The molecule has 0 aromatic carbocycles. The summed E-state index contributed by atoms with van der Waals surface area (Å²) in [7, 11) is 1.65. The van der Waals surface area contributed by atoms with E-state index < -0.39 is 0 Å². The first-order valence-corrected chi connectivity index (χ1v) is 6.70. The van der Waals surface area contributed by atoms with Crippen LogP contribution >= 0.6 is 0 Å². The summed E-state index contributed by atoms with van der Waals surface area (Å²) in [6, 6.07) is 1.45. The summed E-state index contributed by atoms with van der Waals surface area (Å²) in [6.07, 6.45) is 3.19. The van der Waals surface area contributed by atoms with Gasteiger partial charge in [-0.15, -0.1) is 0 Å². The van der Waals surface area contributed by atoms with Crippen molar-refractivity contribution in [3.63, 3.8) is 0 Å². The third-order valence-corrected chi connectivity index (χ3v) is 2.82. The van der Waals surface area contributed by atoms with Crippen LogP contribution in [-0.2, 0) is 17.8 Å². The Kier molecular flexibility index (Phi) is 7.14. The highest BCUT2D eigenvalue weighted by molar-refractivity contribution is 4.86. The molecule has 1 N–H and O–H groups in total. The summed E-state index contributed by atoms with van der Waals surface area (Å²) in [6.45, 7) is 5.29. The van der Waals surface area contributed by atoms with Crippen LogP contribution in [0.1, 0.15) is 19.8 Å². The van der Waals surface area contributed by atoms with Crippen LogP contribution in [0.5, 0.6) is 0 Å². The van der Waals surface area contributed by atoms with Gasteiger partial charge in [0.25, 0.3) is 5.56 Å². The van der Waals surface area contributed by atoms with Crippen LogP contribution in [-0.4, -0.2) is 35.9 Å². The minimum atomic E-state index is -0.228. The highest BCUT2D eigenvalue weighted by Gasteiger charge is 2.03. The van der Waals surface area contributed by atoms with Gasteiger partial charge in [0.05, 0.1) is 6.61 Å². The number of hydrogen-bond acceptors (Lipinski definition) is 4. The molecule has 0 aliphatic rings. The van der Waals surface area contributed by atoms with E-state index in [1.54, 1.807) is 17.9 Å². The van der Waals surface area contributed by atoms with Crippen LogP contribution in [0.3, 0.4) is 0 Å². The van der Waals surface area contributed by atoms with Crippen LogP contribution in [0.15, 0.2) is 21.9 Å². The number of aromatic nitrogens is 2. The molecule has 0 amide bonds. The summed E-state index contributed by atoms with van der Waals surface area (Å²) in [5, 5.41) is 3.19. The molecule has 0 bridgehead atoms. The molecule has 0 radical (unpaired) electrons. The lowest BCUT2D eigenvalue weighted by Crippen LogP contribution is -2.39. The predicted octanol–water partition coefficient (Wildman–Crippen LogP) is 0.0461. The van der Waals surface area contributed by atoms with Crippen LogP contribution in [0.4, 0.5) is 0 Å². The summed E-state index contributed by atoms with van der Waals surface area (Å²) < 4.78 is 7.80. The van der Waals surface area contributed by atoms with Gasteiger partial charge in [-0.2, -0.15) is 0 Å². The van der Waals surface area contributed by atoms with Crippen LogP contribution in [0.2, 0.25) is 0 Å². The van der Waals surface area contributed by atoms with Crippen molar-refractivity contribution in [2.24, 2.45) is 0 Å². The van der Waals surface area contributed by atoms with Crippen molar-refractivity contribution in [3.8, 4) is 0 Å². The second-order valence-corrected chi connectivity index (χ2v) is 4.38. The maximum absolute atomic E-state index is 12.0. The number of methoxy groups -OCH3 is 1. The molecular formula is C13H23N3O3. The zero-order valence-corrected chi connectivity index (χ0v) is 11.7. The molecule has 0 saturated carbocycles. The second kappa shape index (κ2) is 8.66. The van der Waals surface area contributed by atoms with E-state index in [4.69, 9.17) is 4.74 Å². The van der Waals surface area contributed by atoms with Crippen LogP contribution in [0, 0.1) is 0 Å². The molecule has 0 spiro atoms. The molecule has 0 atom stereocenters. The van der Waals surface area contributed by atoms with Gasteiger partial charge in [-0.3, -0.25) is 9.36 Å². The topological polar surface area (TPSA) is 65.3 Å². The Morgan fingerprint density at radius 2 is 2.05 bits per heavy atom. The number of nitrogens with zero attached hydrogens (tertiary/aromatic N) is 2. The third-order valence-electron chi connectivity index (χ3n) is 2.82. The maximum atomic E-state index is 12.0. The van der Waals surface area contributed by atoms with Gasteiger partial charge in [-0.05, 0) is 19.4 Å². The Morgan fingerprint density at radius 3 is 2.74 bits per heavy atom. The number of rotatable bonds is 9. The quantitative estimate of drug-likeness (QED) is 0.643. The second-order valence-electron chi connectivity index (χ2n) is 4.38. The molecule has 1 aromatic heterocycles. The summed E-state index contributed by atoms with van der Waals surface area (Å²) in [4.78, 5) is 23.7. The Hall–Kier alpha value is -1.40. The zero-order valence-electron chi connectivity index (χ0n) is 11.7. The third kappa shape index (κ3) is 5.00. The summed E-state index contributed by atoms with van der Waals surface area (Å²) in [5.41, 5.74) is -0.444. The van der Waals surface area contributed by atoms with Gasteiger partial charge in [0, 0.05) is 39.0 Å². The Bertz CT molecular complexity index is 479. The molecule has 1 rings (SSSR count). The highest BCUT2D eigenvalue weighted by Crippen LogP contribution is 1.86. The smallest absolute Gasteiger partial charge is 0.330 e. The standard InChI is InChI=1S/C13H23N3O3/c1-3-8-15-10-5-12(17)16(13(15)18)9-4-6-14-7-11-19-2/h5,10,14H,3-4,6-9,11H2,1-2H3. The fourth-order valence-corrected chi connectivity index (χ4v) is 1.84. The van der Waals surface area contributed by atoms with Crippen LogP contribution in [0.25, 0.3) is 0 Å². The molecule has 0 saturated heterocycles. The molecule has 0 fully saturated rings. The molecule has 0 aliphatic heterocycles. The van der Waals surface area contributed by atoms with Crippen molar-refractivity contribution in [2.75, 3.05) is 26.8 Å². The molecule has 1 heterocycles. The first kappa shape index (κ1) is 15.7. The largest absolute Gasteiger partial charge is 0.383 e. The number of aryl methyl sites for hydroxylation is 1. The van der Waals surface area contributed by atoms with E-state index in [0.717, 1.165) is 25.9 Å². The molecule has 1 aromatic rings. The normalized spacial score (nSPS) is 10.8. The van der Waals surface area contributed by atoms with Crippen molar-refractivity contribution in [3.05, 3.63) is 33.1 Å². The number of nitrogens with one attached hydrogen (secondary N) is 1. The van der Waals surface area contributed by atoms with E-state index in [1.165, 1.54) is 10.6 Å². The van der Waals surface area contributed by atoms with E-state index >= 15 is 0 Å². The summed E-state index contributed by atoms with van der Waals surface area (Å²) in [5.74, 6) is 0. The van der Waals surface area contributed by atoms with E-state index in [9.17, 15) is 9.59 Å². The van der Waals surface area contributed by atoms with Gasteiger partial charge in [-0.1, -0.05) is 6.92 Å². The number of ether oxygens (including phenoxy) is 1. The van der Waals surface area contributed by atoms with Crippen molar-refractivity contribution in [1.29, 1.82) is 0 Å². The highest BCUT2D eigenvalue weighted by atomic mass is 16.5. The van der Waals surface area contributed by atoms with Crippen molar-refractivity contribution in [1.82, 2.24) is 14.5 Å². The molecule has 108 valence electrons. The fourth-order valence-electron chi connectivity index (χ4n) is 1.84. The van der Waals surface area contributed by atoms with Gasteiger partial charge in [0.15, 0.2) is 0 Å². The lowest BCUT2D eigenvalue weighted by Gasteiger charge is -2.09. The zero-order chi connectivity index (χ0) is 14.1. The van der Waals surface area contributed by atoms with Crippen molar-refractivity contribution >= 4 is 0 Å². The molecule has 6 nitrogen and oxygen atoms in total.